The minimum atomic E-state index is 0.845. The fourth-order valence-corrected chi connectivity index (χ4v) is 8.16. The average Bonchev–Trinajstić information content (AvgIpc) is 3.57. The number of anilines is 3. The monoisotopic (exact) mass is 676 g/mol. The van der Waals surface area contributed by atoms with Gasteiger partial charge in [-0.25, -0.2) is 0 Å². The molecular weight excluding hydrogens is 641 g/mol. The molecule has 2 heteroatoms. The van der Waals surface area contributed by atoms with Crippen LogP contribution >= 0.6 is 0 Å². The Hall–Kier alpha value is -6.90. The lowest BCUT2D eigenvalue weighted by Crippen LogP contribution is -2.10. The molecule has 0 aliphatic carbocycles. The molecule has 2 nitrogen and oxygen atoms in total. The Balaban J connectivity index is 1.10. The van der Waals surface area contributed by atoms with Gasteiger partial charge in [0.15, 0.2) is 0 Å². The van der Waals surface area contributed by atoms with Gasteiger partial charge in [0, 0.05) is 40.1 Å². The molecule has 0 saturated heterocycles. The number of hydrogen-bond acceptors (Lipinski definition) is 1. The van der Waals surface area contributed by atoms with Crippen molar-refractivity contribution in [3.63, 3.8) is 0 Å². The third-order valence-electron chi connectivity index (χ3n) is 10.6. The lowest BCUT2D eigenvalue weighted by atomic mass is 9.94. The summed E-state index contributed by atoms with van der Waals surface area (Å²) in [5.41, 5.74) is 18.4. The van der Waals surface area contributed by atoms with Crippen LogP contribution in [0.25, 0.3) is 66.7 Å². The van der Waals surface area contributed by atoms with Crippen molar-refractivity contribution in [1.82, 2.24) is 4.57 Å². The average molecular weight is 677 g/mol. The molecule has 0 spiro atoms. The lowest BCUT2D eigenvalue weighted by molar-refractivity contribution is 0.838. The molecule has 2 heterocycles. The van der Waals surface area contributed by atoms with E-state index in [-0.39, 0.29) is 0 Å². The number of aromatic nitrogens is 1. The van der Waals surface area contributed by atoms with Crippen LogP contribution < -0.4 is 4.90 Å². The van der Waals surface area contributed by atoms with Crippen LogP contribution in [0, 0.1) is 0 Å². The maximum atomic E-state index is 2.54. The standard InChI is InChI=1S/C51H36N2/c1-4-13-36(14-5-1)38-23-29-43(30-24-38)53(44-31-25-39(26-32-44)37-15-6-2-7-16-37)45-33-27-40(28-34-45)49-48-22-12-21-47-46-20-11-10-19-42(46)35-52(51(47)48)50(49)41-17-8-3-9-18-41/h1-34H,35H2. The third kappa shape index (κ3) is 5.44. The summed E-state index contributed by atoms with van der Waals surface area (Å²) in [7, 11) is 0. The summed E-state index contributed by atoms with van der Waals surface area (Å²) < 4.78 is 2.54. The maximum absolute atomic E-state index is 2.54. The highest BCUT2D eigenvalue weighted by Gasteiger charge is 2.26. The van der Waals surface area contributed by atoms with Gasteiger partial charge in [0.1, 0.15) is 0 Å². The topological polar surface area (TPSA) is 8.17 Å². The Morgan fingerprint density at radius 2 is 0.774 bits per heavy atom. The van der Waals surface area contributed by atoms with Crippen molar-refractivity contribution in [3.8, 4) is 55.8 Å². The molecule has 0 radical (unpaired) electrons. The Morgan fingerprint density at radius 1 is 0.340 bits per heavy atom. The van der Waals surface area contributed by atoms with Crippen molar-refractivity contribution < 1.29 is 0 Å². The molecule has 1 aliphatic rings. The zero-order valence-electron chi connectivity index (χ0n) is 29.2. The summed E-state index contributed by atoms with van der Waals surface area (Å²) in [5.74, 6) is 0. The second-order valence-electron chi connectivity index (χ2n) is 13.7. The highest BCUT2D eigenvalue weighted by molar-refractivity contribution is 6.10. The summed E-state index contributed by atoms with van der Waals surface area (Å²) in [6.45, 7) is 0.845. The molecule has 8 aromatic carbocycles. The largest absolute Gasteiger partial charge is 0.335 e. The minimum absolute atomic E-state index is 0.845. The summed E-state index contributed by atoms with van der Waals surface area (Å²) in [5, 5.41) is 1.29. The second kappa shape index (κ2) is 13.0. The van der Waals surface area contributed by atoms with Gasteiger partial charge in [-0.15, -0.1) is 0 Å². The SMILES string of the molecule is c1ccc(-c2ccc(N(c3ccc(-c4ccccc4)cc3)c3ccc(-c4c(-c5ccccc5)n5c6c(cccc46)-c4ccccc4C5)cc3)cc2)cc1. The van der Waals surface area contributed by atoms with Crippen LogP contribution in [0.15, 0.2) is 206 Å². The smallest absolute Gasteiger partial charge is 0.0574 e. The molecule has 0 N–H and O–H groups in total. The zero-order chi connectivity index (χ0) is 35.1. The van der Waals surface area contributed by atoms with E-state index < -0.39 is 0 Å². The maximum Gasteiger partial charge on any atom is 0.0574 e. The molecule has 9 aromatic rings. The van der Waals surface area contributed by atoms with Crippen molar-refractivity contribution in [3.05, 3.63) is 212 Å². The van der Waals surface area contributed by atoms with Gasteiger partial charge in [-0.3, -0.25) is 0 Å². The van der Waals surface area contributed by atoms with Gasteiger partial charge in [0.2, 0.25) is 0 Å². The Morgan fingerprint density at radius 3 is 1.32 bits per heavy atom. The van der Waals surface area contributed by atoms with Gasteiger partial charge >= 0.3 is 0 Å². The fourth-order valence-electron chi connectivity index (χ4n) is 8.16. The molecule has 250 valence electrons. The quantitative estimate of drug-likeness (QED) is 0.163. The van der Waals surface area contributed by atoms with Crippen molar-refractivity contribution in [2.24, 2.45) is 0 Å². The zero-order valence-corrected chi connectivity index (χ0v) is 29.2. The molecule has 1 aromatic heterocycles. The van der Waals surface area contributed by atoms with E-state index in [1.165, 1.54) is 72.2 Å². The lowest BCUT2D eigenvalue weighted by Gasteiger charge is -2.26. The first kappa shape index (κ1) is 30.9. The molecule has 0 bridgehead atoms. The Kier molecular flexibility index (Phi) is 7.58. The number of rotatable bonds is 7. The summed E-state index contributed by atoms with van der Waals surface area (Å²) in [6.07, 6.45) is 0. The van der Waals surface area contributed by atoms with E-state index in [9.17, 15) is 0 Å². The summed E-state index contributed by atoms with van der Waals surface area (Å²) >= 11 is 0. The summed E-state index contributed by atoms with van der Waals surface area (Å²) in [6, 6.07) is 74.7. The highest BCUT2D eigenvalue weighted by Crippen LogP contribution is 2.48. The number of nitrogens with zero attached hydrogens (tertiary/aromatic N) is 2. The predicted molar refractivity (Wildman–Crippen MR) is 223 cm³/mol. The van der Waals surface area contributed by atoms with Crippen LogP contribution in [0.5, 0.6) is 0 Å². The van der Waals surface area contributed by atoms with E-state index in [1.54, 1.807) is 0 Å². The second-order valence-corrected chi connectivity index (χ2v) is 13.7. The normalized spacial score (nSPS) is 11.7. The number of para-hydroxylation sites is 1. The first-order chi connectivity index (χ1) is 26.3. The van der Waals surface area contributed by atoms with Crippen LogP contribution in [-0.4, -0.2) is 4.57 Å². The number of hydrogen-bond donors (Lipinski definition) is 0. The van der Waals surface area contributed by atoms with Crippen molar-refractivity contribution in [2.75, 3.05) is 4.90 Å². The molecule has 0 saturated carbocycles. The highest BCUT2D eigenvalue weighted by atomic mass is 15.1. The minimum Gasteiger partial charge on any atom is -0.335 e. The Bertz CT molecular complexity index is 2610. The van der Waals surface area contributed by atoms with Gasteiger partial charge < -0.3 is 9.47 Å². The first-order valence-corrected chi connectivity index (χ1v) is 18.3. The van der Waals surface area contributed by atoms with E-state index in [1.807, 2.05) is 0 Å². The first-order valence-electron chi connectivity index (χ1n) is 18.3. The fraction of sp³-hybridized carbons (Fsp3) is 0.0196. The molecule has 0 fully saturated rings. The summed E-state index contributed by atoms with van der Waals surface area (Å²) in [4.78, 5) is 2.36. The van der Waals surface area contributed by atoms with Gasteiger partial charge in [0.05, 0.1) is 11.2 Å². The van der Waals surface area contributed by atoms with Gasteiger partial charge in [-0.1, -0.05) is 170 Å². The van der Waals surface area contributed by atoms with Crippen molar-refractivity contribution >= 4 is 28.0 Å². The van der Waals surface area contributed by atoms with Crippen molar-refractivity contribution in [1.29, 1.82) is 0 Å². The molecule has 0 amide bonds. The predicted octanol–water partition coefficient (Wildman–Crippen LogP) is 13.8. The van der Waals surface area contributed by atoms with Gasteiger partial charge in [-0.05, 0) is 80.9 Å². The molecule has 0 unspecified atom stereocenters. The molecule has 1 aliphatic heterocycles. The van der Waals surface area contributed by atoms with Crippen LogP contribution in [0.3, 0.4) is 0 Å². The van der Waals surface area contributed by atoms with Crippen molar-refractivity contribution in [2.45, 2.75) is 6.54 Å². The third-order valence-corrected chi connectivity index (χ3v) is 10.6. The van der Waals surface area contributed by atoms with E-state index in [2.05, 4.69) is 216 Å². The van der Waals surface area contributed by atoms with E-state index in [0.717, 1.165) is 23.6 Å². The van der Waals surface area contributed by atoms with E-state index in [4.69, 9.17) is 0 Å². The van der Waals surface area contributed by atoms with E-state index >= 15 is 0 Å². The number of fused-ring (bicyclic) bond motifs is 2. The molecule has 53 heavy (non-hydrogen) atoms. The Labute approximate surface area is 310 Å². The number of benzene rings is 8. The van der Waals surface area contributed by atoms with Crippen LogP contribution in [0.1, 0.15) is 5.56 Å². The molecule has 0 atom stereocenters. The van der Waals surface area contributed by atoms with E-state index in [0.29, 0.717) is 0 Å². The molecule has 10 rings (SSSR count). The van der Waals surface area contributed by atoms with Crippen LogP contribution in [0.4, 0.5) is 17.1 Å². The van der Waals surface area contributed by atoms with Crippen LogP contribution in [-0.2, 0) is 6.54 Å². The van der Waals surface area contributed by atoms with Gasteiger partial charge in [-0.2, -0.15) is 0 Å². The van der Waals surface area contributed by atoms with Gasteiger partial charge in [0.25, 0.3) is 0 Å². The van der Waals surface area contributed by atoms with Crippen LogP contribution in [0.2, 0.25) is 0 Å². The molecular formula is C51H36N2.